The number of rotatable bonds is 3. The second-order valence-electron chi connectivity index (χ2n) is 3.63. The molecule has 1 radical (unpaired) electrons. The van der Waals surface area contributed by atoms with E-state index in [4.69, 9.17) is 0 Å². The number of hydrogen-bond donors (Lipinski definition) is 1. The first-order valence-corrected chi connectivity index (χ1v) is 6.63. The van der Waals surface area contributed by atoms with Crippen LogP contribution < -0.4 is 4.72 Å². The third-order valence-electron chi connectivity index (χ3n) is 2.36. The summed E-state index contributed by atoms with van der Waals surface area (Å²) in [7, 11) is -3.51. The largest absolute Gasteiger partial charge is 0.279 e. The molecule has 0 aromatic heterocycles. The number of benzene rings is 2. The molecule has 17 heavy (non-hydrogen) atoms. The van der Waals surface area contributed by atoms with Crippen molar-refractivity contribution in [3.05, 3.63) is 60.2 Å². The minimum absolute atomic E-state index is 0.253. The molecule has 2 rings (SSSR count). The summed E-state index contributed by atoms with van der Waals surface area (Å²) < 4.78 is 26.6. The smallest absolute Gasteiger partial charge is 0.261 e. The average Bonchev–Trinajstić information content (AvgIpc) is 2.33. The molecule has 2 aromatic carbocycles. The summed E-state index contributed by atoms with van der Waals surface area (Å²) >= 11 is 0. The number of hydrogen-bond acceptors (Lipinski definition) is 2. The maximum absolute atomic E-state index is 12.0. The summed E-state index contributed by atoms with van der Waals surface area (Å²) in [6.07, 6.45) is 0. The van der Waals surface area contributed by atoms with Gasteiger partial charge in [-0.1, -0.05) is 30.3 Å². The van der Waals surface area contributed by atoms with E-state index in [0.717, 1.165) is 5.56 Å². The van der Waals surface area contributed by atoms with Gasteiger partial charge in [-0.2, -0.15) is 0 Å². The average molecular weight is 246 g/mol. The lowest BCUT2D eigenvalue weighted by atomic mass is 10.2. The van der Waals surface area contributed by atoms with Crippen molar-refractivity contribution in [3.8, 4) is 0 Å². The molecule has 0 heterocycles. The topological polar surface area (TPSA) is 46.2 Å². The third-order valence-corrected chi connectivity index (χ3v) is 3.74. The van der Waals surface area contributed by atoms with Crippen LogP contribution >= 0.6 is 0 Å². The Bertz CT molecular complexity index is 606. The molecule has 4 heteroatoms. The fraction of sp³-hybridized carbons (Fsp3) is 0.0769. The highest BCUT2D eigenvalue weighted by Gasteiger charge is 2.13. The summed E-state index contributed by atoms with van der Waals surface area (Å²) in [5, 5.41) is 0. The fourth-order valence-corrected chi connectivity index (χ4v) is 2.58. The van der Waals surface area contributed by atoms with Crippen molar-refractivity contribution in [2.45, 2.75) is 11.8 Å². The normalized spacial score (nSPS) is 11.1. The predicted molar refractivity (Wildman–Crippen MR) is 67.3 cm³/mol. The first-order valence-electron chi connectivity index (χ1n) is 5.15. The quantitative estimate of drug-likeness (QED) is 0.904. The molecule has 0 fully saturated rings. The van der Waals surface area contributed by atoms with Crippen molar-refractivity contribution in [2.24, 2.45) is 0 Å². The Morgan fingerprint density at radius 2 is 1.76 bits per heavy atom. The Morgan fingerprint density at radius 3 is 2.41 bits per heavy atom. The Hall–Kier alpha value is -1.81. The molecule has 0 amide bonds. The number of nitrogens with one attached hydrogen (secondary N) is 1. The van der Waals surface area contributed by atoms with Gasteiger partial charge in [0.25, 0.3) is 10.0 Å². The van der Waals surface area contributed by atoms with Gasteiger partial charge in [-0.05, 0) is 36.8 Å². The van der Waals surface area contributed by atoms with Crippen molar-refractivity contribution in [3.63, 3.8) is 0 Å². The van der Waals surface area contributed by atoms with Crippen molar-refractivity contribution in [1.29, 1.82) is 0 Å². The van der Waals surface area contributed by atoms with E-state index in [-0.39, 0.29) is 4.90 Å². The minimum Gasteiger partial charge on any atom is -0.279 e. The Kier molecular flexibility index (Phi) is 3.15. The van der Waals surface area contributed by atoms with E-state index in [1.807, 2.05) is 6.92 Å². The highest BCUT2D eigenvalue weighted by atomic mass is 32.2. The molecule has 0 aliphatic heterocycles. The van der Waals surface area contributed by atoms with E-state index in [0.29, 0.717) is 5.69 Å². The second-order valence-corrected chi connectivity index (χ2v) is 5.31. The van der Waals surface area contributed by atoms with Crippen molar-refractivity contribution in [2.75, 3.05) is 4.72 Å². The molecule has 0 spiro atoms. The molecule has 2 aromatic rings. The molecular formula is C13H12NO2S. The highest BCUT2D eigenvalue weighted by molar-refractivity contribution is 7.92. The predicted octanol–water partition coefficient (Wildman–Crippen LogP) is 2.60. The van der Waals surface area contributed by atoms with Crippen LogP contribution in [0, 0.1) is 13.0 Å². The van der Waals surface area contributed by atoms with Gasteiger partial charge in [-0.3, -0.25) is 4.72 Å². The summed E-state index contributed by atoms with van der Waals surface area (Å²) in [5.41, 5.74) is 1.32. The molecule has 87 valence electrons. The maximum atomic E-state index is 12.0. The molecule has 3 nitrogen and oxygen atoms in total. The summed E-state index contributed by atoms with van der Waals surface area (Å²) in [4.78, 5) is 0.253. The molecule has 0 saturated heterocycles. The van der Waals surface area contributed by atoms with Gasteiger partial charge >= 0.3 is 0 Å². The number of aryl methyl sites for hydroxylation is 1. The van der Waals surface area contributed by atoms with Gasteiger partial charge in [-0.15, -0.1) is 0 Å². The monoisotopic (exact) mass is 246 g/mol. The molecule has 0 unspecified atom stereocenters. The molecule has 0 atom stereocenters. The van der Waals surface area contributed by atoms with Crippen LogP contribution in [0.1, 0.15) is 5.56 Å². The van der Waals surface area contributed by atoms with Crippen LogP contribution in [-0.2, 0) is 10.0 Å². The molecule has 1 N–H and O–H groups in total. The maximum Gasteiger partial charge on any atom is 0.261 e. The Labute approximate surface area is 101 Å². The van der Waals surface area contributed by atoms with Crippen LogP contribution in [0.3, 0.4) is 0 Å². The van der Waals surface area contributed by atoms with Gasteiger partial charge in [-0.25, -0.2) is 8.42 Å². The Morgan fingerprint density at radius 1 is 1.06 bits per heavy atom. The first-order chi connectivity index (χ1) is 8.09. The lowest BCUT2D eigenvalue weighted by Gasteiger charge is -2.09. The first kappa shape index (κ1) is 11.7. The molecule has 0 bridgehead atoms. The van der Waals surface area contributed by atoms with E-state index in [1.54, 1.807) is 48.5 Å². The van der Waals surface area contributed by atoms with Gasteiger partial charge in [0.15, 0.2) is 0 Å². The second kappa shape index (κ2) is 4.59. The zero-order valence-corrected chi connectivity index (χ0v) is 10.2. The van der Waals surface area contributed by atoms with Crippen LogP contribution in [0.4, 0.5) is 5.69 Å². The SMILES string of the molecule is Cc1[c]cccc1NS(=O)(=O)c1ccccc1. The standard InChI is InChI=1S/C13H12NO2S/c1-11-7-5-6-10-13(11)14-17(15,16)12-8-3-2-4-9-12/h2-6,8-10,14H,1H3. The van der Waals surface area contributed by atoms with E-state index in [1.165, 1.54) is 0 Å². The van der Waals surface area contributed by atoms with Crippen LogP contribution in [0.2, 0.25) is 0 Å². The van der Waals surface area contributed by atoms with Gasteiger partial charge < -0.3 is 0 Å². The summed E-state index contributed by atoms with van der Waals surface area (Å²) in [6.45, 7) is 1.81. The number of sulfonamides is 1. The van der Waals surface area contributed by atoms with Crippen LogP contribution in [0.5, 0.6) is 0 Å². The van der Waals surface area contributed by atoms with Gasteiger partial charge in [0, 0.05) is 0 Å². The van der Waals surface area contributed by atoms with Crippen LogP contribution in [0.25, 0.3) is 0 Å². The van der Waals surface area contributed by atoms with E-state index >= 15 is 0 Å². The van der Waals surface area contributed by atoms with E-state index in [9.17, 15) is 8.42 Å². The molecular weight excluding hydrogens is 234 g/mol. The molecule has 0 aliphatic carbocycles. The van der Waals surface area contributed by atoms with Crippen molar-refractivity contribution < 1.29 is 8.42 Å². The van der Waals surface area contributed by atoms with Crippen LogP contribution in [0.15, 0.2) is 53.4 Å². The van der Waals surface area contributed by atoms with Crippen molar-refractivity contribution in [1.82, 2.24) is 0 Å². The Balaban J connectivity index is 2.34. The number of anilines is 1. The van der Waals surface area contributed by atoms with Crippen LogP contribution in [-0.4, -0.2) is 8.42 Å². The zero-order valence-electron chi connectivity index (χ0n) is 9.34. The van der Waals surface area contributed by atoms with E-state index < -0.39 is 10.0 Å². The molecule has 0 aliphatic rings. The summed E-state index contributed by atoms with van der Waals surface area (Å²) in [6, 6.07) is 16.4. The van der Waals surface area contributed by atoms with Gasteiger partial charge in [0.1, 0.15) is 0 Å². The lowest BCUT2D eigenvalue weighted by molar-refractivity contribution is 0.601. The third kappa shape index (κ3) is 2.65. The summed E-state index contributed by atoms with van der Waals surface area (Å²) in [5.74, 6) is 0. The minimum atomic E-state index is -3.51. The zero-order chi connectivity index (χ0) is 12.3. The fourth-order valence-electron chi connectivity index (χ4n) is 1.43. The molecule has 0 saturated carbocycles. The highest BCUT2D eigenvalue weighted by Crippen LogP contribution is 2.18. The van der Waals surface area contributed by atoms with Gasteiger partial charge in [0.05, 0.1) is 10.6 Å². The van der Waals surface area contributed by atoms with Gasteiger partial charge in [0.2, 0.25) is 0 Å². The van der Waals surface area contributed by atoms with Crippen molar-refractivity contribution >= 4 is 15.7 Å². The van der Waals surface area contributed by atoms with E-state index in [2.05, 4.69) is 10.8 Å². The lowest BCUT2D eigenvalue weighted by Crippen LogP contribution is -2.13.